The molecule has 272 valence electrons. The fourth-order valence-corrected chi connectivity index (χ4v) is 6.50. The van der Waals surface area contributed by atoms with E-state index in [0.717, 1.165) is 42.3 Å². The van der Waals surface area contributed by atoms with Gasteiger partial charge in [0.25, 0.3) is 5.91 Å². The number of hydrogen-bond acceptors (Lipinski definition) is 7. The molecule has 4 atom stereocenters. The summed E-state index contributed by atoms with van der Waals surface area (Å²) < 4.78 is 18.2. The maximum Gasteiger partial charge on any atom is 0.323 e. The van der Waals surface area contributed by atoms with E-state index in [1.165, 1.54) is 5.56 Å². The van der Waals surface area contributed by atoms with Crippen molar-refractivity contribution in [1.29, 1.82) is 0 Å². The first-order valence-corrected chi connectivity index (χ1v) is 17.9. The lowest BCUT2D eigenvalue weighted by atomic mass is 10.0. The molecular weight excluding hydrogens is 644 g/mol. The number of hydrogen-bond donors (Lipinski definition) is 3. The summed E-state index contributed by atoms with van der Waals surface area (Å²) in [6.07, 6.45) is 2.28. The number of nitrogens with one attached hydrogen (secondary N) is 2. The van der Waals surface area contributed by atoms with Crippen LogP contribution >= 0.6 is 0 Å². The number of likely N-dealkylation sites (N-methyl/N-ethyl adjacent to an activating group) is 1. The number of nitrogens with zero attached hydrogens (tertiary/aromatic N) is 2. The summed E-state index contributed by atoms with van der Waals surface area (Å²) >= 11 is 0. The first-order chi connectivity index (χ1) is 24.6. The topological polar surface area (TPSA) is 113 Å². The average molecular weight is 697 g/mol. The third kappa shape index (κ3) is 10.2. The predicted octanol–water partition coefficient (Wildman–Crippen LogP) is 7.42. The number of ether oxygens (including phenoxy) is 3. The Kier molecular flexibility index (Phi) is 13.3. The van der Waals surface area contributed by atoms with Crippen LogP contribution in [0.15, 0.2) is 84.9 Å². The molecule has 0 aliphatic carbocycles. The standard InChI is InChI=1S/C41H52N4O6/c1-28-24-45(29(2)27-46)40(47)36-23-33(42-41(48)43-37-15-10-13-32-12-6-7-14-35(32)37)18-21-38(36)51-30(3)11-8-9-22-50-39(28)26-44(4)25-31-16-19-34(49-5)20-17-31/h6-7,10,12-21,23,28-30,39,46H,8-9,11,22,24-27H2,1-5H3,(H2,42,43,48)/t28-,29-,30-,39-/m1/s1. The second-order valence-electron chi connectivity index (χ2n) is 13.7. The van der Waals surface area contributed by atoms with E-state index in [4.69, 9.17) is 14.2 Å². The van der Waals surface area contributed by atoms with Crippen LogP contribution in [0.5, 0.6) is 11.5 Å². The molecular formula is C41H52N4O6. The normalized spacial score (nSPS) is 19.5. The lowest BCUT2D eigenvalue weighted by Crippen LogP contribution is -2.47. The molecule has 1 heterocycles. The number of urea groups is 1. The Morgan fingerprint density at radius 1 is 1.02 bits per heavy atom. The van der Waals surface area contributed by atoms with E-state index in [1.54, 1.807) is 30.2 Å². The number of amides is 3. The zero-order valence-electron chi connectivity index (χ0n) is 30.4. The van der Waals surface area contributed by atoms with Crippen molar-refractivity contribution < 1.29 is 28.9 Å². The van der Waals surface area contributed by atoms with Gasteiger partial charge in [-0.2, -0.15) is 0 Å². The van der Waals surface area contributed by atoms with E-state index in [9.17, 15) is 14.7 Å². The molecule has 0 bridgehead atoms. The molecule has 3 amide bonds. The van der Waals surface area contributed by atoms with Crippen LogP contribution in [0.25, 0.3) is 10.8 Å². The lowest BCUT2D eigenvalue weighted by Gasteiger charge is -2.36. The van der Waals surface area contributed by atoms with Crippen LogP contribution in [0, 0.1) is 5.92 Å². The lowest BCUT2D eigenvalue weighted by molar-refractivity contribution is -0.0177. The van der Waals surface area contributed by atoms with Gasteiger partial charge in [0, 0.05) is 43.2 Å². The van der Waals surface area contributed by atoms with Gasteiger partial charge in [-0.25, -0.2) is 4.79 Å². The summed E-state index contributed by atoms with van der Waals surface area (Å²) in [4.78, 5) is 31.7. The molecule has 10 heteroatoms. The van der Waals surface area contributed by atoms with Crippen molar-refractivity contribution in [3.05, 3.63) is 96.1 Å². The molecule has 4 aromatic rings. The second kappa shape index (κ2) is 18.0. The molecule has 0 saturated carbocycles. The van der Waals surface area contributed by atoms with Gasteiger partial charge in [0.15, 0.2) is 0 Å². The van der Waals surface area contributed by atoms with Crippen molar-refractivity contribution in [2.24, 2.45) is 5.92 Å². The maximum atomic E-state index is 14.5. The van der Waals surface area contributed by atoms with Crippen molar-refractivity contribution in [3.63, 3.8) is 0 Å². The van der Waals surface area contributed by atoms with E-state index in [2.05, 4.69) is 41.6 Å². The number of anilines is 2. The summed E-state index contributed by atoms with van der Waals surface area (Å²) in [6.45, 7) is 8.08. The number of methoxy groups -OCH3 is 1. The second-order valence-corrected chi connectivity index (χ2v) is 13.7. The zero-order valence-corrected chi connectivity index (χ0v) is 30.4. The Bertz CT molecular complexity index is 1740. The average Bonchev–Trinajstić information content (AvgIpc) is 3.13. The summed E-state index contributed by atoms with van der Waals surface area (Å²) in [7, 11) is 3.74. The highest BCUT2D eigenvalue weighted by Crippen LogP contribution is 2.29. The quantitative estimate of drug-likeness (QED) is 0.167. The summed E-state index contributed by atoms with van der Waals surface area (Å²) in [5, 5.41) is 18.1. The fourth-order valence-electron chi connectivity index (χ4n) is 6.50. The molecule has 0 aromatic heterocycles. The van der Waals surface area contributed by atoms with Crippen molar-refractivity contribution in [2.75, 3.05) is 51.1 Å². The van der Waals surface area contributed by atoms with Crippen LogP contribution in [-0.4, -0.2) is 85.6 Å². The minimum absolute atomic E-state index is 0.0553. The molecule has 5 rings (SSSR count). The first-order valence-electron chi connectivity index (χ1n) is 17.9. The third-order valence-electron chi connectivity index (χ3n) is 9.45. The van der Waals surface area contributed by atoms with Crippen LogP contribution in [0.3, 0.4) is 0 Å². The first kappa shape index (κ1) is 37.6. The van der Waals surface area contributed by atoms with Crippen molar-refractivity contribution in [3.8, 4) is 11.5 Å². The van der Waals surface area contributed by atoms with Crippen LogP contribution in [0.1, 0.15) is 56.0 Å². The Morgan fingerprint density at radius 3 is 2.55 bits per heavy atom. The van der Waals surface area contributed by atoms with Gasteiger partial charge in [-0.05, 0) is 87.5 Å². The molecule has 1 aliphatic rings. The zero-order chi connectivity index (χ0) is 36.3. The van der Waals surface area contributed by atoms with Crippen LogP contribution in [-0.2, 0) is 11.3 Å². The third-order valence-corrected chi connectivity index (χ3v) is 9.45. The van der Waals surface area contributed by atoms with E-state index in [1.807, 2.05) is 68.4 Å². The molecule has 1 aliphatic heterocycles. The molecule has 3 N–H and O–H groups in total. The number of carbonyl (C=O) groups excluding carboxylic acids is 2. The monoisotopic (exact) mass is 696 g/mol. The SMILES string of the molecule is COc1ccc(CN(C)C[C@H]2OCCCC[C@@H](C)Oc3ccc(NC(=O)Nc4cccc5ccccc45)cc3C(=O)N([C@H](C)CO)C[C@H]2C)cc1. The number of aliphatic hydroxyl groups excluding tert-OH is 1. The molecule has 0 saturated heterocycles. The Balaban J connectivity index is 1.37. The number of benzene rings is 4. The summed E-state index contributed by atoms with van der Waals surface area (Å²) in [5.74, 6) is 0.923. The Hall–Kier alpha value is -4.64. The van der Waals surface area contributed by atoms with Gasteiger partial charge in [-0.15, -0.1) is 0 Å². The van der Waals surface area contributed by atoms with E-state index < -0.39 is 12.1 Å². The summed E-state index contributed by atoms with van der Waals surface area (Å²) in [5.41, 5.74) is 2.62. The largest absolute Gasteiger partial charge is 0.497 e. The van der Waals surface area contributed by atoms with Gasteiger partial charge in [-0.1, -0.05) is 55.5 Å². The molecule has 10 nitrogen and oxygen atoms in total. The highest BCUT2D eigenvalue weighted by Gasteiger charge is 2.30. The molecule has 4 aromatic carbocycles. The van der Waals surface area contributed by atoms with E-state index in [0.29, 0.717) is 42.4 Å². The molecule has 0 fully saturated rings. The molecule has 0 unspecified atom stereocenters. The van der Waals surface area contributed by atoms with E-state index >= 15 is 0 Å². The maximum absolute atomic E-state index is 14.5. The predicted molar refractivity (Wildman–Crippen MR) is 203 cm³/mol. The van der Waals surface area contributed by atoms with Crippen LogP contribution in [0.2, 0.25) is 0 Å². The molecule has 51 heavy (non-hydrogen) atoms. The van der Waals surface area contributed by atoms with Gasteiger partial charge < -0.3 is 34.9 Å². The van der Waals surface area contributed by atoms with Crippen LogP contribution in [0.4, 0.5) is 16.2 Å². The number of fused-ring (bicyclic) bond motifs is 2. The minimum Gasteiger partial charge on any atom is -0.497 e. The van der Waals surface area contributed by atoms with Gasteiger partial charge >= 0.3 is 6.03 Å². The molecule has 0 spiro atoms. The number of aliphatic hydroxyl groups is 1. The Labute approximate surface area is 301 Å². The van der Waals surface area contributed by atoms with Gasteiger partial charge in [0.05, 0.1) is 43.2 Å². The highest BCUT2D eigenvalue weighted by molar-refractivity contribution is 6.07. The minimum atomic E-state index is -0.470. The fraction of sp³-hybridized carbons (Fsp3) is 0.415. The van der Waals surface area contributed by atoms with Crippen LogP contribution < -0.4 is 20.1 Å². The summed E-state index contributed by atoms with van der Waals surface area (Å²) in [6, 6.07) is 25.9. The van der Waals surface area contributed by atoms with Crippen molar-refractivity contribution >= 4 is 34.1 Å². The number of carbonyl (C=O) groups is 2. The Morgan fingerprint density at radius 2 is 1.78 bits per heavy atom. The van der Waals surface area contributed by atoms with Crippen molar-refractivity contribution in [2.45, 2.75) is 64.8 Å². The van der Waals surface area contributed by atoms with Gasteiger partial charge in [-0.3, -0.25) is 9.69 Å². The van der Waals surface area contributed by atoms with Crippen molar-refractivity contribution in [1.82, 2.24) is 9.80 Å². The van der Waals surface area contributed by atoms with Gasteiger partial charge in [0.2, 0.25) is 0 Å². The van der Waals surface area contributed by atoms with Gasteiger partial charge in [0.1, 0.15) is 11.5 Å². The smallest absolute Gasteiger partial charge is 0.323 e. The highest BCUT2D eigenvalue weighted by atomic mass is 16.5. The van der Waals surface area contributed by atoms with E-state index in [-0.39, 0.29) is 30.6 Å². The number of rotatable bonds is 9. The molecule has 0 radical (unpaired) electrons.